The van der Waals surface area contributed by atoms with Crippen LogP contribution in [-0.4, -0.2) is 60.1 Å². The zero-order valence-electron chi connectivity index (χ0n) is 14.3. The van der Waals surface area contributed by atoms with Crippen molar-refractivity contribution in [3.8, 4) is 0 Å². The molecular weight excluding hydrogens is 246 g/mol. The van der Waals surface area contributed by atoms with Crippen LogP contribution in [0, 0.1) is 0 Å². The van der Waals surface area contributed by atoms with Crippen LogP contribution in [-0.2, 0) is 0 Å². The maximum absolute atomic E-state index is 3.72. The summed E-state index contributed by atoms with van der Waals surface area (Å²) in [4.78, 5) is 5.43. The van der Waals surface area contributed by atoms with E-state index in [9.17, 15) is 0 Å². The summed E-state index contributed by atoms with van der Waals surface area (Å²) in [5.74, 6) is 0. The molecule has 0 amide bonds. The van der Waals surface area contributed by atoms with Crippen LogP contribution in [0.1, 0.15) is 59.8 Å². The molecule has 0 aliphatic carbocycles. The largest absolute Gasteiger partial charge is 0.311 e. The molecular formula is C17H35N3. The van der Waals surface area contributed by atoms with E-state index in [0.717, 1.165) is 18.6 Å². The Kier molecular flexibility index (Phi) is 5.49. The summed E-state index contributed by atoms with van der Waals surface area (Å²) in [6.45, 7) is 12.8. The highest BCUT2D eigenvalue weighted by molar-refractivity contribution is 4.93. The molecule has 0 spiro atoms. The van der Waals surface area contributed by atoms with E-state index in [1.807, 2.05) is 0 Å². The molecule has 20 heavy (non-hydrogen) atoms. The Morgan fingerprint density at radius 1 is 1.15 bits per heavy atom. The van der Waals surface area contributed by atoms with E-state index < -0.39 is 0 Å². The highest BCUT2D eigenvalue weighted by atomic mass is 15.3. The first-order valence-electron chi connectivity index (χ1n) is 8.61. The Labute approximate surface area is 126 Å². The number of hydrogen-bond donors (Lipinski definition) is 1. The van der Waals surface area contributed by atoms with Crippen LogP contribution < -0.4 is 5.32 Å². The van der Waals surface area contributed by atoms with Crippen LogP contribution in [0.2, 0.25) is 0 Å². The maximum Gasteiger partial charge on any atom is 0.0223 e. The lowest BCUT2D eigenvalue weighted by Gasteiger charge is -2.35. The maximum atomic E-state index is 3.72. The summed E-state index contributed by atoms with van der Waals surface area (Å²) in [7, 11) is 2.34. The lowest BCUT2D eigenvalue weighted by molar-refractivity contribution is 0.153. The predicted molar refractivity (Wildman–Crippen MR) is 87.2 cm³/mol. The molecule has 0 aromatic heterocycles. The number of nitrogens with one attached hydrogen (secondary N) is 1. The Balaban J connectivity index is 1.94. The molecule has 2 aliphatic rings. The van der Waals surface area contributed by atoms with Gasteiger partial charge in [-0.3, -0.25) is 9.80 Å². The second-order valence-electron chi connectivity index (χ2n) is 7.91. The summed E-state index contributed by atoms with van der Waals surface area (Å²) < 4.78 is 0. The Morgan fingerprint density at radius 3 is 2.50 bits per heavy atom. The van der Waals surface area contributed by atoms with E-state index in [-0.39, 0.29) is 5.54 Å². The number of likely N-dealkylation sites (tertiary alicyclic amines) is 1. The molecule has 2 bridgehead atoms. The van der Waals surface area contributed by atoms with Crippen molar-refractivity contribution in [1.29, 1.82) is 0 Å². The third-order valence-corrected chi connectivity index (χ3v) is 5.19. The van der Waals surface area contributed by atoms with E-state index in [1.54, 1.807) is 0 Å². The SMILES string of the molecule is CCCC(CNC(C)(C)C)N1CCC2CCC(C1)N2C. The normalized spacial score (nSPS) is 30.4. The summed E-state index contributed by atoms with van der Waals surface area (Å²) >= 11 is 0. The second kappa shape index (κ2) is 6.76. The fourth-order valence-corrected chi connectivity index (χ4v) is 3.84. The van der Waals surface area contributed by atoms with Crippen molar-refractivity contribution in [2.75, 3.05) is 26.7 Å². The Bertz CT molecular complexity index is 297. The molecule has 0 saturated carbocycles. The lowest BCUT2D eigenvalue weighted by atomic mass is 10.0. The van der Waals surface area contributed by atoms with Crippen LogP contribution in [0.25, 0.3) is 0 Å². The van der Waals surface area contributed by atoms with Crippen molar-refractivity contribution >= 4 is 0 Å². The topological polar surface area (TPSA) is 18.5 Å². The number of hydrogen-bond acceptors (Lipinski definition) is 3. The number of rotatable bonds is 5. The van der Waals surface area contributed by atoms with E-state index in [0.29, 0.717) is 6.04 Å². The zero-order chi connectivity index (χ0) is 14.8. The summed E-state index contributed by atoms with van der Waals surface area (Å²) in [5.41, 5.74) is 0.230. The van der Waals surface area contributed by atoms with Crippen LogP contribution in [0.4, 0.5) is 0 Å². The average molecular weight is 281 g/mol. The second-order valence-corrected chi connectivity index (χ2v) is 7.91. The molecule has 0 radical (unpaired) electrons. The van der Waals surface area contributed by atoms with E-state index in [2.05, 4.69) is 49.9 Å². The molecule has 118 valence electrons. The van der Waals surface area contributed by atoms with Gasteiger partial charge in [-0.15, -0.1) is 0 Å². The van der Waals surface area contributed by atoms with Gasteiger partial charge in [-0.2, -0.15) is 0 Å². The quantitative estimate of drug-likeness (QED) is 0.836. The first kappa shape index (κ1) is 16.3. The minimum absolute atomic E-state index is 0.230. The van der Waals surface area contributed by atoms with Crippen LogP contribution in [0.15, 0.2) is 0 Å². The number of nitrogens with zero attached hydrogens (tertiary/aromatic N) is 2. The van der Waals surface area contributed by atoms with Gasteiger partial charge < -0.3 is 5.32 Å². The molecule has 2 heterocycles. The molecule has 0 aromatic rings. The van der Waals surface area contributed by atoms with Gasteiger partial charge in [0.25, 0.3) is 0 Å². The van der Waals surface area contributed by atoms with Crippen molar-refractivity contribution in [2.45, 2.75) is 83.5 Å². The average Bonchev–Trinajstić information content (AvgIpc) is 2.58. The van der Waals surface area contributed by atoms with Gasteiger partial charge in [0.2, 0.25) is 0 Å². The fourth-order valence-electron chi connectivity index (χ4n) is 3.84. The molecule has 0 aromatic carbocycles. The van der Waals surface area contributed by atoms with E-state index >= 15 is 0 Å². The molecule has 3 nitrogen and oxygen atoms in total. The molecule has 3 unspecified atom stereocenters. The van der Waals surface area contributed by atoms with Gasteiger partial charge in [0.1, 0.15) is 0 Å². The highest BCUT2D eigenvalue weighted by Gasteiger charge is 2.36. The van der Waals surface area contributed by atoms with E-state index in [4.69, 9.17) is 0 Å². The van der Waals surface area contributed by atoms with Crippen LogP contribution in [0.5, 0.6) is 0 Å². The van der Waals surface area contributed by atoms with Crippen molar-refractivity contribution < 1.29 is 0 Å². The van der Waals surface area contributed by atoms with Gasteiger partial charge in [-0.05, 0) is 53.5 Å². The van der Waals surface area contributed by atoms with Crippen LogP contribution in [0.3, 0.4) is 0 Å². The van der Waals surface area contributed by atoms with Crippen molar-refractivity contribution in [2.24, 2.45) is 0 Å². The zero-order valence-corrected chi connectivity index (χ0v) is 14.3. The van der Waals surface area contributed by atoms with Gasteiger partial charge >= 0.3 is 0 Å². The van der Waals surface area contributed by atoms with Crippen LogP contribution >= 0.6 is 0 Å². The number of fused-ring (bicyclic) bond motifs is 2. The van der Waals surface area contributed by atoms with Crippen molar-refractivity contribution in [1.82, 2.24) is 15.1 Å². The molecule has 2 aliphatic heterocycles. The Hall–Kier alpha value is -0.120. The van der Waals surface area contributed by atoms with E-state index in [1.165, 1.54) is 45.2 Å². The molecule has 2 saturated heterocycles. The fraction of sp³-hybridized carbons (Fsp3) is 1.00. The molecule has 1 N–H and O–H groups in total. The standard InChI is InChI=1S/C17H35N3/c1-6-7-15(12-18-17(2,3)4)20-11-10-14-8-9-16(13-20)19(14)5/h14-16,18H,6-13H2,1-5H3. The van der Waals surface area contributed by atoms with Crippen molar-refractivity contribution in [3.63, 3.8) is 0 Å². The summed E-state index contributed by atoms with van der Waals surface area (Å²) in [5, 5.41) is 3.72. The highest BCUT2D eigenvalue weighted by Crippen LogP contribution is 2.29. The minimum atomic E-state index is 0.230. The molecule has 2 rings (SSSR count). The van der Waals surface area contributed by atoms with Crippen molar-refractivity contribution in [3.05, 3.63) is 0 Å². The summed E-state index contributed by atoms with van der Waals surface area (Å²) in [6, 6.07) is 2.37. The van der Waals surface area contributed by atoms with Gasteiger partial charge in [0, 0.05) is 43.3 Å². The first-order valence-corrected chi connectivity index (χ1v) is 8.61. The predicted octanol–water partition coefficient (Wildman–Crippen LogP) is 2.71. The van der Waals surface area contributed by atoms with Gasteiger partial charge in [-0.1, -0.05) is 13.3 Å². The Morgan fingerprint density at radius 2 is 1.85 bits per heavy atom. The van der Waals surface area contributed by atoms with Gasteiger partial charge in [0.15, 0.2) is 0 Å². The lowest BCUT2D eigenvalue weighted by Crippen LogP contribution is -2.50. The number of likely N-dealkylation sites (N-methyl/N-ethyl adjacent to an activating group) is 1. The van der Waals surface area contributed by atoms with Gasteiger partial charge in [-0.25, -0.2) is 0 Å². The summed E-state index contributed by atoms with van der Waals surface area (Å²) in [6.07, 6.45) is 6.81. The molecule has 3 atom stereocenters. The first-order chi connectivity index (χ1) is 9.40. The third-order valence-electron chi connectivity index (χ3n) is 5.19. The van der Waals surface area contributed by atoms with Gasteiger partial charge in [0.05, 0.1) is 0 Å². The molecule has 3 heteroatoms. The monoisotopic (exact) mass is 281 g/mol. The molecule has 2 fully saturated rings. The third kappa shape index (κ3) is 4.19. The smallest absolute Gasteiger partial charge is 0.0223 e. The minimum Gasteiger partial charge on any atom is -0.311 e.